The summed E-state index contributed by atoms with van der Waals surface area (Å²) in [6.45, 7) is -1.74. The molecule has 1 aromatic rings. The summed E-state index contributed by atoms with van der Waals surface area (Å²) >= 11 is 0. The molecule has 0 unspecified atom stereocenters. The molecule has 0 radical (unpaired) electrons. The number of halogens is 5. The van der Waals surface area contributed by atoms with Crippen molar-refractivity contribution in [3.8, 4) is 0 Å². The second kappa shape index (κ2) is 5.85. The number of carbonyl (C=O) groups excluding carboxylic acids is 1. The fourth-order valence-corrected chi connectivity index (χ4v) is 1.29. The number of amides is 2. The summed E-state index contributed by atoms with van der Waals surface area (Å²) < 4.78 is 61.5. The van der Waals surface area contributed by atoms with Crippen LogP contribution in [0.1, 0.15) is 5.56 Å². The molecule has 19 heavy (non-hydrogen) atoms. The zero-order valence-corrected chi connectivity index (χ0v) is 9.89. The van der Waals surface area contributed by atoms with E-state index < -0.39 is 30.4 Å². The van der Waals surface area contributed by atoms with Crippen molar-refractivity contribution in [3.05, 3.63) is 35.4 Å². The van der Waals surface area contributed by atoms with Gasteiger partial charge in [0.05, 0.1) is 0 Å². The number of nitrogens with zero attached hydrogens (tertiary/aromatic N) is 1. The van der Waals surface area contributed by atoms with Crippen LogP contribution < -0.4 is 5.32 Å². The van der Waals surface area contributed by atoms with Crippen LogP contribution in [0.3, 0.4) is 0 Å². The summed E-state index contributed by atoms with van der Waals surface area (Å²) in [6.07, 6.45) is -4.52. The van der Waals surface area contributed by atoms with E-state index in [1.165, 1.54) is 7.05 Å². The highest BCUT2D eigenvalue weighted by atomic mass is 19.4. The quantitative estimate of drug-likeness (QED) is 0.849. The SMILES string of the molecule is CN(Cc1ccc(F)cc1F)C(=O)NCC(F)(F)F. The molecule has 0 saturated carbocycles. The van der Waals surface area contributed by atoms with E-state index in [9.17, 15) is 26.7 Å². The van der Waals surface area contributed by atoms with E-state index in [0.717, 1.165) is 17.0 Å². The van der Waals surface area contributed by atoms with E-state index in [2.05, 4.69) is 0 Å². The third-order valence-corrected chi connectivity index (χ3v) is 2.21. The van der Waals surface area contributed by atoms with Gasteiger partial charge in [-0.1, -0.05) is 6.07 Å². The maximum Gasteiger partial charge on any atom is 0.405 e. The first-order valence-corrected chi connectivity index (χ1v) is 5.18. The first-order chi connectivity index (χ1) is 8.69. The Balaban J connectivity index is 2.59. The number of hydrogen-bond donors (Lipinski definition) is 1. The number of benzene rings is 1. The van der Waals surface area contributed by atoms with Crippen LogP contribution in [0.5, 0.6) is 0 Å². The number of nitrogens with one attached hydrogen (secondary N) is 1. The Morgan fingerprint density at radius 1 is 1.32 bits per heavy atom. The molecule has 0 bridgehead atoms. The highest BCUT2D eigenvalue weighted by molar-refractivity contribution is 5.73. The van der Waals surface area contributed by atoms with E-state index in [1.54, 1.807) is 5.32 Å². The topological polar surface area (TPSA) is 32.3 Å². The van der Waals surface area contributed by atoms with Crippen LogP contribution >= 0.6 is 0 Å². The van der Waals surface area contributed by atoms with Crippen LogP contribution in [0.2, 0.25) is 0 Å². The van der Waals surface area contributed by atoms with E-state index in [4.69, 9.17) is 0 Å². The predicted octanol–water partition coefficient (Wildman–Crippen LogP) is 2.67. The molecular weight excluding hydrogens is 271 g/mol. The largest absolute Gasteiger partial charge is 0.405 e. The lowest BCUT2D eigenvalue weighted by Gasteiger charge is -2.19. The highest BCUT2D eigenvalue weighted by Gasteiger charge is 2.28. The predicted molar refractivity (Wildman–Crippen MR) is 57.3 cm³/mol. The van der Waals surface area contributed by atoms with Crippen LogP contribution in [-0.4, -0.2) is 30.7 Å². The highest BCUT2D eigenvalue weighted by Crippen LogP contribution is 2.13. The smallest absolute Gasteiger partial charge is 0.329 e. The molecule has 0 saturated heterocycles. The number of rotatable bonds is 3. The van der Waals surface area contributed by atoms with Crippen LogP contribution in [-0.2, 0) is 6.54 Å². The number of alkyl halides is 3. The zero-order valence-electron chi connectivity index (χ0n) is 9.89. The molecule has 0 fully saturated rings. The van der Waals surface area contributed by atoms with Gasteiger partial charge in [-0.25, -0.2) is 13.6 Å². The molecule has 0 spiro atoms. The van der Waals surface area contributed by atoms with Gasteiger partial charge in [0.25, 0.3) is 0 Å². The second-order valence-electron chi connectivity index (χ2n) is 3.87. The molecule has 0 aliphatic rings. The number of urea groups is 1. The molecular formula is C11H11F5N2O. The zero-order chi connectivity index (χ0) is 14.6. The Kier molecular flexibility index (Phi) is 4.68. The lowest BCUT2D eigenvalue weighted by atomic mass is 10.2. The third kappa shape index (κ3) is 5.11. The van der Waals surface area contributed by atoms with Crippen molar-refractivity contribution in [2.45, 2.75) is 12.7 Å². The van der Waals surface area contributed by atoms with Crippen LogP contribution in [0.15, 0.2) is 18.2 Å². The molecule has 1 N–H and O–H groups in total. The molecule has 8 heteroatoms. The fraction of sp³-hybridized carbons (Fsp3) is 0.364. The summed E-state index contributed by atoms with van der Waals surface area (Å²) in [6, 6.07) is 1.76. The third-order valence-electron chi connectivity index (χ3n) is 2.21. The molecule has 2 amide bonds. The minimum atomic E-state index is -4.52. The van der Waals surface area contributed by atoms with E-state index in [1.807, 2.05) is 0 Å². The van der Waals surface area contributed by atoms with Gasteiger partial charge in [-0.2, -0.15) is 13.2 Å². The molecule has 1 aromatic carbocycles. The Bertz CT molecular complexity index is 461. The van der Waals surface area contributed by atoms with Gasteiger partial charge in [-0.3, -0.25) is 0 Å². The molecule has 3 nitrogen and oxygen atoms in total. The van der Waals surface area contributed by atoms with Crippen LogP contribution in [0.4, 0.5) is 26.7 Å². The van der Waals surface area contributed by atoms with Gasteiger partial charge in [0.1, 0.15) is 18.2 Å². The first kappa shape index (κ1) is 15.2. The van der Waals surface area contributed by atoms with Crippen molar-refractivity contribution in [1.82, 2.24) is 10.2 Å². The Labute approximate surface area is 106 Å². The minimum Gasteiger partial charge on any atom is -0.329 e. The Morgan fingerprint density at radius 3 is 2.47 bits per heavy atom. The maximum absolute atomic E-state index is 13.3. The lowest BCUT2D eigenvalue weighted by Crippen LogP contribution is -2.41. The van der Waals surface area contributed by atoms with Crippen molar-refractivity contribution in [2.75, 3.05) is 13.6 Å². The van der Waals surface area contributed by atoms with Crippen molar-refractivity contribution in [3.63, 3.8) is 0 Å². The van der Waals surface area contributed by atoms with Gasteiger partial charge < -0.3 is 10.2 Å². The van der Waals surface area contributed by atoms with Crippen molar-refractivity contribution < 1.29 is 26.7 Å². The number of carbonyl (C=O) groups is 1. The first-order valence-electron chi connectivity index (χ1n) is 5.18. The average molecular weight is 282 g/mol. The molecule has 1 rings (SSSR count). The summed E-state index contributed by atoms with van der Waals surface area (Å²) in [7, 11) is 1.20. The van der Waals surface area contributed by atoms with E-state index >= 15 is 0 Å². The molecule has 0 aliphatic carbocycles. The van der Waals surface area contributed by atoms with E-state index in [-0.39, 0.29) is 12.1 Å². The average Bonchev–Trinajstić information content (AvgIpc) is 2.28. The van der Waals surface area contributed by atoms with Crippen LogP contribution in [0.25, 0.3) is 0 Å². The molecule has 0 aliphatic heterocycles. The molecule has 0 atom stereocenters. The van der Waals surface area contributed by atoms with E-state index in [0.29, 0.717) is 6.07 Å². The van der Waals surface area contributed by atoms with Crippen molar-refractivity contribution in [2.24, 2.45) is 0 Å². The van der Waals surface area contributed by atoms with Gasteiger partial charge in [0.2, 0.25) is 0 Å². The monoisotopic (exact) mass is 282 g/mol. The molecule has 0 aromatic heterocycles. The summed E-state index contributed by atoms with van der Waals surface area (Å²) in [5.74, 6) is -1.64. The normalized spacial score (nSPS) is 11.3. The van der Waals surface area contributed by atoms with Crippen molar-refractivity contribution >= 4 is 6.03 Å². The van der Waals surface area contributed by atoms with Crippen LogP contribution in [0, 0.1) is 11.6 Å². The minimum absolute atomic E-state index is 0.00561. The molecule has 106 valence electrons. The number of hydrogen-bond acceptors (Lipinski definition) is 1. The van der Waals surface area contributed by atoms with Crippen molar-refractivity contribution in [1.29, 1.82) is 0 Å². The Morgan fingerprint density at radius 2 is 1.95 bits per heavy atom. The summed E-state index contributed by atoms with van der Waals surface area (Å²) in [5, 5.41) is 1.64. The fourth-order valence-electron chi connectivity index (χ4n) is 1.29. The lowest BCUT2D eigenvalue weighted by molar-refractivity contribution is -0.123. The van der Waals surface area contributed by atoms with Gasteiger partial charge in [0, 0.05) is 25.2 Å². The molecule has 0 heterocycles. The standard InChI is InChI=1S/C11H11F5N2O/c1-18(10(19)17-6-11(14,15)16)5-7-2-3-8(12)4-9(7)13/h2-4H,5-6H2,1H3,(H,17,19). The summed E-state index contributed by atoms with van der Waals surface area (Å²) in [4.78, 5) is 12.2. The second-order valence-corrected chi connectivity index (χ2v) is 3.87. The Hall–Kier alpha value is -1.86. The van der Waals surface area contributed by atoms with Gasteiger partial charge in [0.15, 0.2) is 0 Å². The van der Waals surface area contributed by atoms with Gasteiger partial charge in [-0.15, -0.1) is 0 Å². The summed E-state index contributed by atoms with van der Waals surface area (Å²) in [5.41, 5.74) is 0.00561. The van der Waals surface area contributed by atoms with Gasteiger partial charge >= 0.3 is 12.2 Å². The maximum atomic E-state index is 13.3. The van der Waals surface area contributed by atoms with Gasteiger partial charge in [-0.05, 0) is 6.07 Å².